The van der Waals surface area contributed by atoms with Crippen LogP contribution in [0.3, 0.4) is 0 Å². The van der Waals surface area contributed by atoms with Gasteiger partial charge in [-0.15, -0.1) is 0 Å². The zero-order chi connectivity index (χ0) is 13.1. The number of nitriles is 1. The molecule has 2 rings (SSSR count). The molecule has 0 radical (unpaired) electrons. The maximum absolute atomic E-state index is 9.27. The van der Waals surface area contributed by atoms with E-state index in [1.165, 1.54) is 0 Å². The van der Waals surface area contributed by atoms with Crippen molar-refractivity contribution in [1.29, 1.82) is 5.26 Å². The van der Waals surface area contributed by atoms with E-state index in [9.17, 15) is 10.4 Å². The average molecular weight is 239 g/mol. The molecule has 0 atom stereocenters. The molecule has 1 aromatic heterocycles. The van der Waals surface area contributed by atoms with Crippen molar-refractivity contribution in [2.75, 3.05) is 11.9 Å². The first-order valence-electron chi connectivity index (χ1n) is 5.52. The molecule has 0 aliphatic heterocycles. The van der Waals surface area contributed by atoms with Gasteiger partial charge in [-0.25, -0.2) is 4.98 Å². The van der Waals surface area contributed by atoms with Gasteiger partial charge in [0.2, 0.25) is 0 Å². The fourth-order valence-corrected chi connectivity index (χ4v) is 1.73. The van der Waals surface area contributed by atoms with E-state index in [0.717, 1.165) is 11.3 Å². The van der Waals surface area contributed by atoms with E-state index in [2.05, 4.69) is 11.1 Å². The molecular weight excluding hydrogens is 226 g/mol. The number of phenols is 1. The lowest BCUT2D eigenvalue weighted by atomic mass is 10.1. The molecule has 90 valence electrons. The number of pyridine rings is 1. The van der Waals surface area contributed by atoms with Gasteiger partial charge in [0, 0.05) is 18.9 Å². The number of aromatic nitrogens is 1. The molecular formula is C14H13N3O. The highest BCUT2D eigenvalue weighted by Crippen LogP contribution is 2.27. The van der Waals surface area contributed by atoms with Crippen molar-refractivity contribution in [3.05, 3.63) is 47.7 Å². The predicted molar refractivity (Wildman–Crippen MR) is 69.9 cm³/mol. The number of hydrogen-bond donors (Lipinski definition) is 1. The molecule has 0 bridgehead atoms. The second-order valence-corrected chi connectivity index (χ2v) is 4.01. The highest BCUT2D eigenvalue weighted by atomic mass is 16.3. The fourth-order valence-electron chi connectivity index (χ4n) is 1.73. The summed E-state index contributed by atoms with van der Waals surface area (Å²) < 4.78 is 0. The Labute approximate surface area is 106 Å². The lowest BCUT2D eigenvalue weighted by Crippen LogP contribution is -2.13. The first-order chi connectivity index (χ1) is 8.63. The molecule has 0 fully saturated rings. The van der Waals surface area contributed by atoms with Crippen LogP contribution in [0.4, 0.5) is 11.5 Å². The summed E-state index contributed by atoms with van der Waals surface area (Å²) in [4.78, 5) is 6.07. The standard InChI is InChI=1S/C14H13N3O/c1-10-7-8-16-14(13(10)9-15)17(2)11-3-5-12(18)6-4-11/h3-8,18H,1-2H3. The van der Waals surface area contributed by atoms with Crippen LogP contribution in [0.1, 0.15) is 11.1 Å². The van der Waals surface area contributed by atoms with Gasteiger partial charge in [0.1, 0.15) is 11.8 Å². The summed E-state index contributed by atoms with van der Waals surface area (Å²) >= 11 is 0. The van der Waals surface area contributed by atoms with Crippen LogP contribution in [0, 0.1) is 18.3 Å². The minimum atomic E-state index is 0.213. The molecule has 18 heavy (non-hydrogen) atoms. The van der Waals surface area contributed by atoms with Crippen LogP contribution < -0.4 is 4.90 Å². The van der Waals surface area contributed by atoms with Crippen molar-refractivity contribution in [2.45, 2.75) is 6.92 Å². The van der Waals surface area contributed by atoms with Gasteiger partial charge in [-0.1, -0.05) is 0 Å². The maximum atomic E-state index is 9.27. The number of nitrogens with zero attached hydrogens (tertiary/aromatic N) is 3. The largest absolute Gasteiger partial charge is 0.508 e. The molecule has 1 heterocycles. The molecule has 1 N–H and O–H groups in total. The fraction of sp³-hybridized carbons (Fsp3) is 0.143. The maximum Gasteiger partial charge on any atom is 0.150 e. The minimum absolute atomic E-state index is 0.213. The summed E-state index contributed by atoms with van der Waals surface area (Å²) in [5, 5.41) is 18.4. The third kappa shape index (κ3) is 2.11. The van der Waals surface area contributed by atoms with Crippen LogP contribution >= 0.6 is 0 Å². The second-order valence-electron chi connectivity index (χ2n) is 4.01. The third-order valence-electron chi connectivity index (χ3n) is 2.81. The molecule has 0 saturated heterocycles. The third-order valence-corrected chi connectivity index (χ3v) is 2.81. The number of phenolic OH excluding ortho intramolecular Hbond substituents is 1. The van der Waals surface area contributed by atoms with E-state index < -0.39 is 0 Å². The van der Waals surface area contributed by atoms with E-state index in [0.29, 0.717) is 11.4 Å². The van der Waals surface area contributed by atoms with Crippen LogP contribution in [0.2, 0.25) is 0 Å². The smallest absolute Gasteiger partial charge is 0.150 e. The van der Waals surface area contributed by atoms with Crippen LogP contribution in [0.15, 0.2) is 36.5 Å². The highest BCUT2D eigenvalue weighted by Gasteiger charge is 2.12. The number of anilines is 2. The van der Waals surface area contributed by atoms with Gasteiger partial charge in [-0.05, 0) is 42.8 Å². The van der Waals surface area contributed by atoms with Crippen molar-refractivity contribution in [3.63, 3.8) is 0 Å². The number of aryl methyl sites for hydroxylation is 1. The summed E-state index contributed by atoms with van der Waals surface area (Å²) in [6.07, 6.45) is 1.68. The molecule has 0 unspecified atom stereocenters. The van der Waals surface area contributed by atoms with Crippen LogP contribution in [0.25, 0.3) is 0 Å². The molecule has 0 saturated carbocycles. The Morgan fingerprint density at radius 1 is 1.22 bits per heavy atom. The SMILES string of the molecule is Cc1ccnc(N(C)c2ccc(O)cc2)c1C#N. The van der Waals surface area contributed by atoms with Gasteiger partial charge in [0.25, 0.3) is 0 Å². The topological polar surface area (TPSA) is 60.1 Å². The van der Waals surface area contributed by atoms with Crippen LogP contribution in [0.5, 0.6) is 5.75 Å². The number of benzene rings is 1. The van der Waals surface area contributed by atoms with E-state index >= 15 is 0 Å². The van der Waals surface area contributed by atoms with Gasteiger partial charge in [0.05, 0.1) is 5.56 Å². The normalized spacial score (nSPS) is 9.83. The summed E-state index contributed by atoms with van der Waals surface area (Å²) in [6, 6.07) is 10.8. The van der Waals surface area contributed by atoms with E-state index in [1.54, 1.807) is 30.5 Å². The Kier molecular flexibility index (Phi) is 3.16. The van der Waals surface area contributed by atoms with Gasteiger partial charge >= 0.3 is 0 Å². The van der Waals surface area contributed by atoms with E-state index in [1.807, 2.05) is 24.9 Å². The number of aromatic hydroxyl groups is 1. The first-order valence-corrected chi connectivity index (χ1v) is 5.52. The molecule has 2 aromatic rings. The van der Waals surface area contributed by atoms with Crippen LogP contribution in [-0.2, 0) is 0 Å². The molecule has 0 amide bonds. The Morgan fingerprint density at radius 3 is 2.50 bits per heavy atom. The molecule has 0 aliphatic carbocycles. The Balaban J connectivity index is 2.46. The summed E-state index contributed by atoms with van der Waals surface area (Å²) in [5.74, 6) is 0.827. The summed E-state index contributed by atoms with van der Waals surface area (Å²) in [6.45, 7) is 1.88. The van der Waals surface area contributed by atoms with E-state index in [4.69, 9.17) is 0 Å². The summed E-state index contributed by atoms with van der Waals surface area (Å²) in [7, 11) is 1.84. The first kappa shape index (κ1) is 11.9. The Hall–Kier alpha value is -2.54. The Bertz CT molecular complexity index is 599. The number of rotatable bonds is 2. The van der Waals surface area contributed by atoms with Gasteiger partial charge in [0.15, 0.2) is 5.82 Å². The highest BCUT2D eigenvalue weighted by molar-refractivity contribution is 5.66. The predicted octanol–water partition coefficient (Wildman–Crippen LogP) is 2.74. The minimum Gasteiger partial charge on any atom is -0.508 e. The molecule has 0 spiro atoms. The quantitative estimate of drug-likeness (QED) is 0.875. The van der Waals surface area contributed by atoms with Crippen LogP contribution in [-0.4, -0.2) is 17.1 Å². The molecule has 1 aromatic carbocycles. The van der Waals surface area contributed by atoms with Crippen molar-refractivity contribution in [3.8, 4) is 11.8 Å². The second kappa shape index (κ2) is 4.76. The van der Waals surface area contributed by atoms with Crippen molar-refractivity contribution < 1.29 is 5.11 Å². The summed E-state index contributed by atoms with van der Waals surface area (Å²) in [5.41, 5.74) is 2.32. The average Bonchev–Trinajstić information content (AvgIpc) is 2.38. The Morgan fingerprint density at radius 2 is 1.89 bits per heavy atom. The zero-order valence-corrected chi connectivity index (χ0v) is 10.3. The molecule has 4 heteroatoms. The van der Waals surface area contributed by atoms with E-state index in [-0.39, 0.29) is 5.75 Å². The number of hydrogen-bond acceptors (Lipinski definition) is 4. The lowest BCUT2D eigenvalue weighted by Gasteiger charge is -2.20. The lowest BCUT2D eigenvalue weighted by molar-refractivity contribution is 0.475. The molecule has 0 aliphatic rings. The van der Waals surface area contributed by atoms with Crippen molar-refractivity contribution in [2.24, 2.45) is 0 Å². The van der Waals surface area contributed by atoms with Crippen molar-refractivity contribution in [1.82, 2.24) is 4.98 Å². The monoisotopic (exact) mass is 239 g/mol. The van der Waals surface area contributed by atoms with Crippen molar-refractivity contribution >= 4 is 11.5 Å². The van der Waals surface area contributed by atoms with Gasteiger partial charge < -0.3 is 10.0 Å². The van der Waals surface area contributed by atoms with Gasteiger partial charge in [-0.2, -0.15) is 5.26 Å². The zero-order valence-electron chi connectivity index (χ0n) is 10.3. The molecule has 4 nitrogen and oxygen atoms in total. The van der Waals surface area contributed by atoms with Gasteiger partial charge in [-0.3, -0.25) is 0 Å².